The van der Waals surface area contributed by atoms with Gasteiger partial charge in [-0.3, -0.25) is 9.78 Å². The van der Waals surface area contributed by atoms with Gasteiger partial charge in [-0.2, -0.15) is 5.10 Å². The summed E-state index contributed by atoms with van der Waals surface area (Å²) in [6, 6.07) is 20.8. The number of benzene rings is 2. The zero-order chi connectivity index (χ0) is 21.8. The monoisotopic (exact) mass is 450 g/mol. The van der Waals surface area contributed by atoms with E-state index in [0.29, 0.717) is 28.7 Å². The summed E-state index contributed by atoms with van der Waals surface area (Å²) in [5.74, 6) is -0.128. The lowest BCUT2D eigenvalue weighted by atomic mass is 10.1. The molecule has 0 spiro atoms. The molecule has 31 heavy (non-hydrogen) atoms. The number of hydrogen-bond acceptors (Lipinski definition) is 3. The Balaban J connectivity index is 1.66. The minimum absolute atomic E-state index is 0.128. The molecule has 7 heteroatoms. The SMILES string of the molecule is Cc1c(C(=O)N(Cc2ccc(Cl)c(Cl)c2)Cc2ccccn2)cnn1-c1ccccc1. The molecule has 0 aliphatic carbocycles. The fourth-order valence-electron chi connectivity index (χ4n) is 3.36. The second-order valence-electron chi connectivity index (χ2n) is 7.12. The summed E-state index contributed by atoms with van der Waals surface area (Å²) >= 11 is 12.2. The maximum absolute atomic E-state index is 13.6. The number of carbonyl (C=O) groups is 1. The number of pyridine rings is 1. The molecule has 0 saturated heterocycles. The van der Waals surface area contributed by atoms with Crippen LogP contribution in [0, 0.1) is 6.92 Å². The molecule has 4 aromatic rings. The van der Waals surface area contributed by atoms with E-state index in [2.05, 4.69) is 10.1 Å². The number of amides is 1. The minimum Gasteiger partial charge on any atom is -0.328 e. The molecule has 0 aliphatic heterocycles. The fourth-order valence-corrected chi connectivity index (χ4v) is 3.69. The normalized spacial score (nSPS) is 10.8. The van der Waals surface area contributed by atoms with Crippen molar-refractivity contribution in [2.75, 3.05) is 0 Å². The van der Waals surface area contributed by atoms with Crippen LogP contribution in [0.3, 0.4) is 0 Å². The Hall–Kier alpha value is -3.15. The molecule has 1 amide bonds. The van der Waals surface area contributed by atoms with E-state index < -0.39 is 0 Å². The van der Waals surface area contributed by atoms with Gasteiger partial charge in [-0.15, -0.1) is 0 Å². The van der Waals surface area contributed by atoms with Gasteiger partial charge >= 0.3 is 0 Å². The second-order valence-corrected chi connectivity index (χ2v) is 7.94. The van der Waals surface area contributed by atoms with Gasteiger partial charge in [0.05, 0.1) is 45.4 Å². The molecule has 0 saturated carbocycles. The number of aromatic nitrogens is 3. The Bertz CT molecular complexity index is 1190. The average molecular weight is 451 g/mol. The molecule has 4 rings (SSSR count). The first kappa shape index (κ1) is 21.1. The van der Waals surface area contributed by atoms with Crippen LogP contribution in [0.4, 0.5) is 0 Å². The van der Waals surface area contributed by atoms with Crippen molar-refractivity contribution in [1.29, 1.82) is 0 Å². The average Bonchev–Trinajstić information content (AvgIpc) is 3.18. The molecular weight excluding hydrogens is 431 g/mol. The maximum Gasteiger partial charge on any atom is 0.257 e. The number of para-hydroxylation sites is 1. The molecule has 0 fully saturated rings. The van der Waals surface area contributed by atoms with Gasteiger partial charge in [0.1, 0.15) is 0 Å². The third-order valence-electron chi connectivity index (χ3n) is 4.96. The Labute approximate surface area is 190 Å². The number of nitrogens with zero attached hydrogens (tertiary/aromatic N) is 4. The van der Waals surface area contributed by atoms with Crippen LogP contribution in [0.15, 0.2) is 79.1 Å². The summed E-state index contributed by atoms with van der Waals surface area (Å²) < 4.78 is 1.77. The summed E-state index contributed by atoms with van der Waals surface area (Å²) in [6.45, 7) is 2.61. The molecule has 156 valence electrons. The minimum atomic E-state index is -0.128. The summed E-state index contributed by atoms with van der Waals surface area (Å²) in [4.78, 5) is 19.7. The van der Waals surface area contributed by atoms with Crippen molar-refractivity contribution in [2.24, 2.45) is 0 Å². The molecule has 0 bridgehead atoms. The van der Waals surface area contributed by atoms with Crippen molar-refractivity contribution in [2.45, 2.75) is 20.0 Å². The predicted octanol–water partition coefficient (Wildman–Crippen LogP) is 5.73. The lowest BCUT2D eigenvalue weighted by Crippen LogP contribution is -2.30. The molecule has 2 aromatic carbocycles. The summed E-state index contributed by atoms with van der Waals surface area (Å²) in [6.07, 6.45) is 3.33. The largest absolute Gasteiger partial charge is 0.328 e. The van der Waals surface area contributed by atoms with E-state index in [0.717, 1.165) is 22.6 Å². The van der Waals surface area contributed by atoms with Crippen molar-refractivity contribution in [3.63, 3.8) is 0 Å². The van der Waals surface area contributed by atoms with Crippen LogP contribution in [0.25, 0.3) is 5.69 Å². The Kier molecular flexibility index (Phi) is 6.35. The molecule has 5 nitrogen and oxygen atoms in total. The summed E-state index contributed by atoms with van der Waals surface area (Å²) in [7, 11) is 0. The van der Waals surface area contributed by atoms with Gasteiger partial charge in [0.15, 0.2) is 0 Å². The first-order valence-electron chi connectivity index (χ1n) is 9.76. The van der Waals surface area contributed by atoms with Crippen molar-refractivity contribution in [3.05, 3.63) is 112 Å². The number of carbonyl (C=O) groups excluding carboxylic acids is 1. The van der Waals surface area contributed by atoms with E-state index in [1.807, 2.05) is 61.5 Å². The zero-order valence-electron chi connectivity index (χ0n) is 16.9. The van der Waals surface area contributed by atoms with Gasteiger partial charge < -0.3 is 4.90 Å². The van der Waals surface area contributed by atoms with Crippen LogP contribution in [-0.4, -0.2) is 25.6 Å². The van der Waals surface area contributed by atoms with Crippen LogP contribution in [-0.2, 0) is 13.1 Å². The predicted molar refractivity (Wildman–Crippen MR) is 123 cm³/mol. The molecule has 0 atom stereocenters. The van der Waals surface area contributed by atoms with E-state index in [-0.39, 0.29) is 5.91 Å². The van der Waals surface area contributed by atoms with Gasteiger partial charge in [-0.05, 0) is 48.9 Å². The highest BCUT2D eigenvalue weighted by molar-refractivity contribution is 6.42. The molecule has 0 aliphatic rings. The highest BCUT2D eigenvalue weighted by atomic mass is 35.5. The molecule has 2 heterocycles. The van der Waals surface area contributed by atoms with Crippen LogP contribution in [0.1, 0.15) is 27.3 Å². The first-order chi connectivity index (χ1) is 15.0. The van der Waals surface area contributed by atoms with Gasteiger partial charge in [0.2, 0.25) is 0 Å². The third-order valence-corrected chi connectivity index (χ3v) is 5.70. The maximum atomic E-state index is 13.6. The molecule has 0 N–H and O–H groups in total. The van der Waals surface area contributed by atoms with Crippen molar-refractivity contribution >= 4 is 29.1 Å². The number of halogens is 2. The smallest absolute Gasteiger partial charge is 0.257 e. The van der Waals surface area contributed by atoms with Crippen molar-refractivity contribution in [1.82, 2.24) is 19.7 Å². The molecule has 0 unspecified atom stereocenters. The Morgan fingerprint density at radius 3 is 2.45 bits per heavy atom. The van der Waals surface area contributed by atoms with Crippen LogP contribution >= 0.6 is 23.2 Å². The number of rotatable bonds is 6. The zero-order valence-corrected chi connectivity index (χ0v) is 18.4. The standard InChI is InChI=1S/C24H20Cl2N4O/c1-17-21(14-28-30(17)20-8-3-2-4-9-20)24(31)29(16-19-7-5-6-12-27-19)15-18-10-11-22(25)23(26)13-18/h2-14H,15-16H2,1H3. The van der Waals surface area contributed by atoms with Crippen molar-refractivity contribution < 1.29 is 4.79 Å². The van der Waals surface area contributed by atoms with Gasteiger partial charge in [0.25, 0.3) is 5.91 Å². The van der Waals surface area contributed by atoms with E-state index in [1.54, 1.807) is 34.1 Å². The van der Waals surface area contributed by atoms with Crippen LogP contribution in [0.2, 0.25) is 10.0 Å². The lowest BCUT2D eigenvalue weighted by Gasteiger charge is -2.23. The van der Waals surface area contributed by atoms with Crippen LogP contribution in [0.5, 0.6) is 0 Å². The highest BCUT2D eigenvalue weighted by Gasteiger charge is 2.22. The van der Waals surface area contributed by atoms with Gasteiger partial charge in [-0.1, -0.05) is 53.5 Å². The van der Waals surface area contributed by atoms with Gasteiger partial charge in [-0.25, -0.2) is 4.68 Å². The topological polar surface area (TPSA) is 51.0 Å². The van der Waals surface area contributed by atoms with Crippen molar-refractivity contribution in [3.8, 4) is 5.69 Å². The lowest BCUT2D eigenvalue weighted by molar-refractivity contribution is 0.0727. The van der Waals surface area contributed by atoms with E-state index in [4.69, 9.17) is 23.2 Å². The quantitative estimate of drug-likeness (QED) is 0.377. The van der Waals surface area contributed by atoms with E-state index in [1.165, 1.54) is 0 Å². The second kappa shape index (κ2) is 9.33. The van der Waals surface area contributed by atoms with Crippen LogP contribution < -0.4 is 0 Å². The van der Waals surface area contributed by atoms with E-state index >= 15 is 0 Å². The van der Waals surface area contributed by atoms with Gasteiger partial charge in [0, 0.05) is 12.7 Å². The number of hydrogen-bond donors (Lipinski definition) is 0. The molecular formula is C24H20Cl2N4O. The summed E-state index contributed by atoms with van der Waals surface area (Å²) in [5.41, 5.74) is 3.90. The molecule has 0 radical (unpaired) electrons. The Morgan fingerprint density at radius 1 is 0.968 bits per heavy atom. The van der Waals surface area contributed by atoms with E-state index in [9.17, 15) is 4.79 Å². The molecule has 2 aromatic heterocycles. The fraction of sp³-hybridized carbons (Fsp3) is 0.125. The highest BCUT2D eigenvalue weighted by Crippen LogP contribution is 2.24. The third kappa shape index (κ3) is 4.79. The Morgan fingerprint density at radius 2 is 1.74 bits per heavy atom. The summed E-state index contributed by atoms with van der Waals surface area (Å²) in [5, 5.41) is 5.38. The first-order valence-corrected chi connectivity index (χ1v) is 10.5.